The summed E-state index contributed by atoms with van der Waals surface area (Å²) in [5, 5.41) is 16.4. The van der Waals surface area contributed by atoms with Gasteiger partial charge in [-0.3, -0.25) is 4.79 Å². The summed E-state index contributed by atoms with van der Waals surface area (Å²) in [4.78, 5) is 12.9. The number of amides is 1. The molecular formula is C15H15ClN4OS. The van der Waals surface area contributed by atoms with E-state index in [1.54, 1.807) is 16.8 Å². The molecule has 22 heavy (non-hydrogen) atoms. The molecule has 114 valence electrons. The summed E-state index contributed by atoms with van der Waals surface area (Å²) in [6.45, 7) is 2.30. The Balaban J connectivity index is 1.95. The molecule has 1 heterocycles. The number of benzene rings is 1. The maximum Gasteiger partial charge on any atom is 0.235 e. The van der Waals surface area contributed by atoms with Crippen LogP contribution in [0.2, 0.25) is 5.02 Å². The van der Waals surface area contributed by atoms with E-state index in [2.05, 4.69) is 16.5 Å². The van der Waals surface area contributed by atoms with Gasteiger partial charge in [0.25, 0.3) is 0 Å². The number of hydrogen-bond acceptors (Lipinski definition) is 4. The molecule has 0 saturated heterocycles. The van der Waals surface area contributed by atoms with Crippen LogP contribution in [0.1, 0.15) is 12.1 Å². The number of nitrogens with zero attached hydrogens (tertiary/aromatic N) is 3. The van der Waals surface area contributed by atoms with Crippen molar-refractivity contribution >= 4 is 35.1 Å². The van der Waals surface area contributed by atoms with Crippen LogP contribution in [0.15, 0.2) is 35.2 Å². The number of carbonyl (C=O) groups is 1. The minimum absolute atomic E-state index is 0.136. The number of nitriles is 1. The van der Waals surface area contributed by atoms with Gasteiger partial charge < -0.3 is 5.32 Å². The van der Waals surface area contributed by atoms with Crippen LogP contribution < -0.4 is 5.32 Å². The molecule has 0 fully saturated rings. The van der Waals surface area contributed by atoms with Gasteiger partial charge in [-0.25, -0.2) is 4.68 Å². The molecule has 0 aliphatic rings. The molecule has 0 radical (unpaired) electrons. The minimum atomic E-state index is -0.136. The second-order valence-electron chi connectivity index (χ2n) is 4.57. The zero-order valence-electron chi connectivity index (χ0n) is 12.0. The van der Waals surface area contributed by atoms with E-state index in [0.717, 1.165) is 10.6 Å². The second kappa shape index (κ2) is 7.87. The zero-order chi connectivity index (χ0) is 15.9. The molecule has 1 N–H and O–H groups in total. The van der Waals surface area contributed by atoms with Crippen molar-refractivity contribution in [3.8, 4) is 6.07 Å². The fraction of sp³-hybridized carbons (Fsp3) is 0.267. The molecule has 0 unspecified atom stereocenters. The number of halogens is 1. The summed E-state index contributed by atoms with van der Waals surface area (Å²) in [6.07, 6.45) is 0.346. The van der Waals surface area contributed by atoms with Crippen LogP contribution in [0.25, 0.3) is 0 Å². The largest absolute Gasteiger partial charge is 0.310 e. The van der Waals surface area contributed by atoms with E-state index in [4.69, 9.17) is 16.9 Å². The van der Waals surface area contributed by atoms with Crippen LogP contribution in [0.3, 0.4) is 0 Å². The number of hydrogen-bond donors (Lipinski definition) is 1. The SMILES string of the molecule is Cc1cc(NC(=O)CSc2ccccc2Cl)n(CCC#N)n1. The zero-order valence-corrected chi connectivity index (χ0v) is 13.6. The van der Waals surface area contributed by atoms with Crippen LogP contribution in [-0.4, -0.2) is 21.4 Å². The molecule has 2 rings (SSSR count). The monoisotopic (exact) mass is 334 g/mol. The summed E-state index contributed by atoms with van der Waals surface area (Å²) in [6, 6.07) is 11.3. The highest BCUT2D eigenvalue weighted by Crippen LogP contribution is 2.26. The van der Waals surface area contributed by atoms with Crippen molar-refractivity contribution in [2.24, 2.45) is 0 Å². The Morgan fingerprint density at radius 3 is 3.00 bits per heavy atom. The van der Waals surface area contributed by atoms with Gasteiger partial charge in [-0.05, 0) is 19.1 Å². The van der Waals surface area contributed by atoms with Gasteiger partial charge in [0.1, 0.15) is 5.82 Å². The fourth-order valence-corrected chi connectivity index (χ4v) is 2.90. The van der Waals surface area contributed by atoms with Gasteiger partial charge >= 0.3 is 0 Å². The van der Waals surface area contributed by atoms with Crippen LogP contribution in [0.4, 0.5) is 5.82 Å². The molecule has 5 nitrogen and oxygen atoms in total. The maximum absolute atomic E-state index is 12.1. The van der Waals surface area contributed by atoms with Crippen molar-refractivity contribution < 1.29 is 4.79 Å². The molecule has 1 amide bonds. The summed E-state index contributed by atoms with van der Waals surface area (Å²) in [5.74, 6) is 0.729. The minimum Gasteiger partial charge on any atom is -0.310 e. The summed E-state index contributed by atoms with van der Waals surface area (Å²) < 4.78 is 1.64. The van der Waals surface area contributed by atoms with E-state index in [1.165, 1.54) is 11.8 Å². The Labute approximate surface area is 138 Å². The summed E-state index contributed by atoms with van der Waals surface area (Å²) in [5.41, 5.74) is 0.798. The standard InChI is InChI=1S/C15H15ClN4OS/c1-11-9-14(20(19-11)8-4-7-17)18-15(21)10-22-13-6-3-2-5-12(13)16/h2-3,5-6,9H,4,8,10H2,1H3,(H,18,21). The predicted molar refractivity (Wildman–Crippen MR) is 88.0 cm³/mol. The van der Waals surface area contributed by atoms with Gasteiger partial charge in [-0.15, -0.1) is 11.8 Å². The quantitative estimate of drug-likeness (QED) is 0.821. The highest BCUT2D eigenvalue weighted by atomic mass is 35.5. The number of rotatable bonds is 6. The lowest BCUT2D eigenvalue weighted by Gasteiger charge is -2.08. The lowest BCUT2D eigenvalue weighted by atomic mass is 10.4. The van der Waals surface area contributed by atoms with Gasteiger partial charge in [0, 0.05) is 11.0 Å². The van der Waals surface area contributed by atoms with E-state index in [0.29, 0.717) is 23.8 Å². The van der Waals surface area contributed by atoms with Crippen molar-refractivity contribution in [3.63, 3.8) is 0 Å². The lowest BCUT2D eigenvalue weighted by molar-refractivity contribution is -0.113. The van der Waals surface area contributed by atoms with Crippen molar-refractivity contribution in [2.75, 3.05) is 11.1 Å². The van der Waals surface area contributed by atoms with E-state index >= 15 is 0 Å². The molecule has 0 atom stereocenters. The Morgan fingerprint density at radius 2 is 2.27 bits per heavy atom. The number of thioether (sulfide) groups is 1. The van der Waals surface area contributed by atoms with Crippen LogP contribution >= 0.6 is 23.4 Å². The highest BCUT2D eigenvalue weighted by molar-refractivity contribution is 8.00. The predicted octanol–water partition coefficient (Wildman–Crippen LogP) is 3.49. The van der Waals surface area contributed by atoms with Gasteiger partial charge in [0.15, 0.2) is 0 Å². The summed E-state index contributed by atoms with van der Waals surface area (Å²) >= 11 is 7.44. The van der Waals surface area contributed by atoms with Crippen LogP contribution in [0.5, 0.6) is 0 Å². The van der Waals surface area contributed by atoms with Gasteiger partial charge in [-0.2, -0.15) is 10.4 Å². The van der Waals surface area contributed by atoms with Crippen LogP contribution in [-0.2, 0) is 11.3 Å². The third kappa shape index (κ3) is 4.52. The van der Waals surface area contributed by atoms with Crippen molar-refractivity contribution in [1.82, 2.24) is 9.78 Å². The van der Waals surface area contributed by atoms with Crippen molar-refractivity contribution in [1.29, 1.82) is 5.26 Å². The van der Waals surface area contributed by atoms with Gasteiger partial charge in [-0.1, -0.05) is 23.7 Å². The third-order valence-electron chi connectivity index (χ3n) is 2.80. The Hall–Kier alpha value is -1.97. The van der Waals surface area contributed by atoms with Gasteiger partial charge in [0.05, 0.1) is 35.5 Å². The maximum atomic E-state index is 12.1. The molecule has 0 spiro atoms. The van der Waals surface area contributed by atoms with Crippen molar-refractivity contribution in [2.45, 2.75) is 24.8 Å². The molecule has 0 bridgehead atoms. The number of aromatic nitrogens is 2. The van der Waals surface area contributed by atoms with E-state index in [1.807, 2.05) is 25.1 Å². The lowest BCUT2D eigenvalue weighted by Crippen LogP contribution is -2.17. The van der Waals surface area contributed by atoms with E-state index in [9.17, 15) is 4.79 Å². The van der Waals surface area contributed by atoms with E-state index in [-0.39, 0.29) is 11.7 Å². The topological polar surface area (TPSA) is 70.7 Å². The normalized spacial score (nSPS) is 10.2. The number of anilines is 1. The molecule has 0 aliphatic carbocycles. The second-order valence-corrected chi connectivity index (χ2v) is 5.99. The first-order valence-electron chi connectivity index (χ1n) is 6.68. The third-order valence-corrected chi connectivity index (χ3v) is 4.32. The molecule has 1 aromatic heterocycles. The van der Waals surface area contributed by atoms with Crippen LogP contribution in [0, 0.1) is 18.3 Å². The first-order chi connectivity index (χ1) is 10.6. The Morgan fingerprint density at radius 1 is 1.50 bits per heavy atom. The van der Waals surface area contributed by atoms with Gasteiger partial charge in [0.2, 0.25) is 5.91 Å². The average molecular weight is 335 g/mol. The van der Waals surface area contributed by atoms with Crippen molar-refractivity contribution in [3.05, 3.63) is 41.0 Å². The number of carbonyl (C=O) groups excluding carboxylic acids is 1. The summed E-state index contributed by atoms with van der Waals surface area (Å²) in [7, 11) is 0. The highest BCUT2D eigenvalue weighted by Gasteiger charge is 2.10. The Bertz CT molecular complexity index is 708. The first-order valence-corrected chi connectivity index (χ1v) is 8.05. The first kappa shape index (κ1) is 16.4. The number of aryl methyl sites for hydroxylation is 2. The molecule has 1 aromatic carbocycles. The Kier molecular flexibility index (Phi) is 5.87. The number of nitrogens with one attached hydrogen (secondary N) is 1. The molecular weight excluding hydrogens is 320 g/mol. The van der Waals surface area contributed by atoms with E-state index < -0.39 is 0 Å². The fourth-order valence-electron chi connectivity index (χ4n) is 1.86. The molecule has 2 aromatic rings. The molecule has 0 saturated carbocycles. The molecule has 7 heteroatoms. The molecule has 0 aliphatic heterocycles. The average Bonchev–Trinajstić information content (AvgIpc) is 2.84. The smallest absolute Gasteiger partial charge is 0.235 e.